The zero-order valence-corrected chi connectivity index (χ0v) is 10.8. The number of allylic oxidation sites excluding steroid dienone is 6. The average Bonchev–Trinajstić information content (AvgIpc) is 2.99. The van der Waals surface area contributed by atoms with Gasteiger partial charge in [-0.25, -0.2) is 4.79 Å². The molecule has 4 aliphatic rings. The summed E-state index contributed by atoms with van der Waals surface area (Å²) in [5.41, 5.74) is 2.76. The first-order valence-electron chi connectivity index (χ1n) is 6.88. The smallest absolute Gasteiger partial charge is 0.326 e. The second kappa shape index (κ2) is 3.91. The molecule has 3 atom stereocenters. The van der Waals surface area contributed by atoms with Crippen LogP contribution in [0, 0.1) is 11.8 Å². The average molecular weight is 270 g/mol. The number of hydrogen-bond donors (Lipinski definition) is 1. The van der Waals surface area contributed by atoms with Crippen molar-refractivity contribution in [3.63, 3.8) is 0 Å². The maximum Gasteiger partial charge on any atom is 0.326 e. The number of rotatable bonds is 1. The normalized spacial score (nSPS) is 34.0. The van der Waals surface area contributed by atoms with Gasteiger partial charge >= 0.3 is 5.97 Å². The zero-order valence-electron chi connectivity index (χ0n) is 10.8. The molecule has 1 saturated heterocycles. The van der Waals surface area contributed by atoms with Crippen LogP contribution in [-0.4, -0.2) is 33.6 Å². The van der Waals surface area contributed by atoms with Crippen LogP contribution in [-0.2, 0) is 9.59 Å². The third-order valence-electron chi connectivity index (χ3n) is 4.58. The Kier molecular flexibility index (Phi) is 2.28. The van der Waals surface area contributed by atoms with Crippen molar-refractivity contribution >= 4 is 17.6 Å². The van der Waals surface area contributed by atoms with Crippen LogP contribution >= 0.6 is 0 Å². The summed E-state index contributed by atoms with van der Waals surface area (Å²) in [7, 11) is 0. The fourth-order valence-corrected chi connectivity index (χ4v) is 3.72. The van der Waals surface area contributed by atoms with Gasteiger partial charge in [-0.1, -0.05) is 18.2 Å². The molecule has 3 heterocycles. The summed E-state index contributed by atoms with van der Waals surface area (Å²) in [4.78, 5) is 29.6. The van der Waals surface area contributed by atoms with E-state index in [2.05, 4.69) is 11.1 Å². The van der Waals surface area contributed by atoms with Crippen molar-refractivity contribution in [3.05, 3.63) is 35.7 Å². The first-order valence-corrected chi connectivity index (χ1v) is 6.88. The predicted molar refractivity (Wildman–Crippen MR) is 71.8 cm³/mol. The lowest BCUT2D eigenvalue weighted by atomic mass is 9.80. The van der Waals surface area contributed by atoms with Crippen molar-refractivity contribution < 1.29 is 14.7 Å². The minimum Gasteiger partial charge on any atom is -0.480 e. The van der Waals surface area contributed by atoms with Crippen LogP contribution in [0.3, 0.4) is 0 Å². The predicted octanol–water partition coefficient (Wildman–Crippen LogP) is 1.49. The first-order chi connectivity index (χ1) is 9.66. The maximum absolute atomic E-state index is 12.0. The van der Waals surface area contributed by atoms with Crippen molar-refractivity contribution in [3.8, 4) is 0 Å². The Morgan fingerprint density at radius 3 is 3.00 bits per heavy atom. The van der Waals surface area contributed by atoms with Crippen LogP contribution in [0.15, 0.2) is 40.7 Å². The Hall–Kier alpha value is -2.17. The number of amides is 1. The van der Waals surface area contributed by atoms with E-state index in [0.717, 1.165) is 17.1 Å². The standard InChI is InChI=1S/C15H14N2O3/c18-13-6-5-11-14-9(7-12(15(19)20)17(11)13)8-3-1-2-4-10(8)16-14/h1-4,8-9,12H,5-7H2,(H,19,20). The lowest BCUT2D eigenvalue weighted by molar-refractivity contribution is -0.148. The van der Waals surface area contributed by atoms with E-state index in [4.69, 9.17) is 0 Å². The highest BCUT2D eigenvalue weighted by molar-refractivity contribution is 6.02. The van der Waals surface area contributed by atoms with Gasteiger partial charge in [-0.15, -0.1) is 0 Å². The highest BCUT2D eigenvalue weighted by atomic mass is 16.4. The molecule has 0 bridgehead atoms. The molecule has 0 radical (unpaired) electrons. The van der Waals surface area contributed by atoms with Crippen LogP contribution in [0.1, 0.15) is 19.3 Å². The van der Waals surface area contributed by atoms with Gasteiger partial charge in [0.2, 0.25) is 5.91 Å². The van der Waals surface area contributed by atoms with E-state index in [-0.39, 0.29) is 17.7 Å². The molecule has 0 aromatic rings. The molecule has 0 aromatic heterocycles. The largest absolute Gasteiger partial charge is 0.480 e. The Labute approximate surface area is 116 Å². The van der Waals surface area contributed by atoms with Gasteiger partial charge in [-0.05, 0) is 18.9 Å². The Morgan fingerprint density at radius 1 is 1.35 bits per heavy atom. The Bertz CT molecular complexity index is 642. The molecule has 20 heavy (non-hydrogen) atoms. The van der Waals surface area contributed by atoms with Gasteiger partial charge in [-0.2, -0.15) is 0 Å². The summed E-state index contributed by atoms with van der Waals surface area (Å²) in [6.45, 7) is 0. The summed E-state index contributed by atoms with van der Waals surface area (Å²) in [5.74, 6) is -0.730. The molecule has 3 aliphatic heterocycles. The molecule has 5 nitrogen and oxygen atoms in total. The molecule has 102 valence electrons. The molecule has 5 heteroatoms. The second-order valence-electron chi connectivity index (χ2n) is 5.60. The van der Waals surface area contributed by atoms with Gasteiger partial charge in [0.25, 0.3) is 0 Å². The monoisotopic (exact) mass is 270 g/mol. The zero-order chi connectivity index (χ0) is 13.9. The van der Waals surface area contributed by atoms with Gasteiger partial charge < -0.3 is 10.0 Å². The minimum absolute atomic E-state index is 0.0838. The first kappa shape index (κ1) is 11.6. The quantitative estimate of drug-likeness (QED) is 0.784. The van der Waals surface area contributed by atoms with Crippen LogP contribution in [0.2, 0.25) is 0 Å². The lowest BCUT2D eigenvalue weighted by Crippen LogP contribution is -2.46. The SMILES string of the molecule is O=C(O)C1CC2C(=C3CCC(=O)N31)N=C1C=CC=CC12. The molecule has 1 amide bonds. The number of nitrogens with zero attached hydrogens (tertiary/aromatic N) is 2. The molecular formula is C15H14N2O3. The van der Waals surface area contributed by atoms with Gasteiger partial charge in [0.15, 0.2) is 0 Å². The lowest BCUT2D eigenvalue weighted by Gasteiger charge is -2.35. The summed E-state index contributed by atoms with van der Waals surface area (Å²) < 4.78 is 0. The number of aliphatic imine (C=N–C) groups is 1. The van der Waals surface area contributed by atoms with Crippen molar-refractivity contribution in [2.24, 2.45) is 16.8 Å². The number of carboxylic acids is 1. The molecule has 4 rings (SSSR count). The number of carboxylic acid groups (broad SMARTS) is 1. The minimum atomic E-state index is -0.916. The Morgan fingerprint density at radius 2 is 2.20 bits per heavy atom. The fraction of sp³-hybridized carbons (Fsp3) is 0.400. The molecule has 0 aromatic carbocycles. The summed E-state index contributed by atoms with van der Waals surface area (Å²) in [6, 6.07) is -0.734. The molecule has 1 aliphatic carbocycles. The summed E-state index contributed by atoms with van der Waals surface area (Å²) >= 11 is 0. The molecule has 3 unspecified atom stereocenters. The molecule has 0 saturated carbocycles. The van der Waals surface area contributed by atoms with Crippen LogP contribution in [0.4, 0.5) is 0 Å². The summed E-state index contributed by atoms with van der Waals surface area (Å²) in [5, 5.41) is 9.43. The number of carbonyl (C=O) groups excluding carboxylic acids is 1. The summed E-state index contributed by atoms with van der Waals surface area (Å²) in [6.07, 6.45) is 9.47. The molecule has 1 fully saturated rings. The van der Waals surface area contributed by atoms with E-state index in [9.17, 15) is 14.7 Å². The van der Waals surface area contributed by atoms with Crippen molar-refractivity contribution in [2.45, 2.75) is 25.3 Å². The molecule has 1 N–H and O–H groups in total. The number of carbonyl (C=O) groups is 2. The van der Waals surface area contributed by atoms with Gasteiger partial charge in [0.05, 0.1) is 5.70 Å². The van der Waals surface area contributed by atoms with Crippen molar-refractivity contribution in [1.29, 1.82) is 0 Å². The molecule has 0 spiro atoms. The van der Waals surface area contributed by atoms with Gasteiger partial charge in [0.1, 0.15) is 6.04 Å². The van der Waals surface area contributed by atoms with E-state index in [1.54, 1.807) is 0 Å². The number of aliphatic carboxylic acids is 1. The third kappa shape index (κ3) is 1.40. The van der Waals surface area contributed by atoms with Crippen molar-refractivity contribution in [2.75, 3.05) is 0 Å². The number of fused-ring (bicyclic) bond motifs is 4. The maximum atomic E-state index is 12.0. The number of hydrogen-bond acceptors (Lipinski definition) is 3. The highest BCUT2D eigenvalue weighted by Gasteiger charge is 2.48. The van der Waals surface area contributed by atoms with Gasteiger partial charge in [-0.3, -0.25) is 9.79 Å². The van der Waals surface area contributed by atoms with Gasteiger partial charge in [0, 0.05) is 29.7 Å². The van der Waals surface area contributed by atoms with Crippen LogP contribution in [0.5, 0.6) is 0 Å². The highest BCUT2D eigenvalue weighted by Crippen LogP contribution is 2.46. The van der Waals surface area contributed by atoms with E-state index < -0.39 is 12.0 Å². The van der Waals surface area contributed by atoms with Crippen LogP contribution in [0.25, 0.3) is 0 Å². The van der Waals surface area contributed by atoms with Crippen LogP contribution < -0.4 is 0 Å². The topological polar surface area (TPSA) is 70.0 Å². The second-order valence-corrected chi connectivity index (χ2v) is 5.60. The fourth-order valence-electron chi connectivity index (χ4n) is 3.72. The van der Waals surface area contributed by atoms with E-state index in [1.807, 2.05) is 18.2 Å². The van der Waals surface area contributed by atoms with E-state index in [0.29, 0.717) is 19.3 Å². The van der Waals surface area contributed by atoms with E-state index >= 15 is 0 Å². The van der Waals surface area contributed by atoms with Crippen molar-refractivity contribution in [1.82, 2.24) is 4.90 Å². The van der Waals surface area contributed by atoms with E-state index in [1.165, 1.54) is 4.90 Å². The third-order valence-corrected chi connectivity index (χ3v) is 4.58. The Balaban J connectivity index is 1.84. The molecular weight excluding hydrogens is 256 g/mol.